The van der Waals surface area contributed by atoms with Crippen molar-refractivity contribution in [1.29, 1.82) is 0 Å². The third kappa shape index (κ3) is 4.31. The molecule has 2 heterocycles. The molecule has 112 valence electrons. The smallest absolute Gasteiger partial charge is 0.325 e. The molecule has 0 saturated heterocycles. The molecule has 0 unspecified atom stereocenters. The van der Waals surface area contributed by atoms with E-state index in [0.717, 1.165) is 4.68 Å². The fraction of sp³-hybridized carbons (Fsp3) is 0.200. The molecule has 0 aliphatic rings. The second-order valence-corrected chi connectivity index (χ2v) is 6.65. The van der Waals surface area contributed by atoms with E-state index in [2.05, 4.69) is 35.9 Å². The first-order chi connectivity index (χ1) is 9.87. The van der Waals surface area contributed by atoms with Crippen LogP contribution in [0.5, 0.6) is 0 Å². The number of nitrogens with one attached hydrogen (secondary N) is 1. The Morgan fingerprint density at radius 3 is 2.86 bits per heavy atom. The third-order valence-electron chi connectivity index (χ3n) is 2.32. The summed E-state index contributed by atoms with van der Waals surface area (Å²) >= 11 is 3.14. The minimum atomic E-state index is -3.73. The highest BCUT2D eigenvalue weighted by Crippen LogP contribution is 2.14. The van der Waals surface area contributed by atoms with Gasteiger partial charge in [-0.05, 0) is 22.0 Å². The van der Waals surface area contributed by atoms with Crippen LogP contribution in [0, 0.1) is 0 Å². The number of nitrogens with zero attached hydrogens (tertiary/aromatic N) is 4. The molecule has 0 amide bonds. The van der Waals surface area contributed by atoms with Gasteiger partial charge in [-0.25, -0.2) is 17.8 Å². The second kappa shape index (κ2) is 6.28. The number of aliphatic carboxylic acids is 1. The van der Waals surface area contributed by atoms with E-state index in [0.29, 0.717) is 10.2 Å². The Morgan fingerprint density at radius 1 is 1.43 bits per heavy atom. The Hall–Kier alpha value is -1.85. The largest absolute Gasteiger partial charge is 0.480 e. The number of sulfonamides is 1. The highest BCUT2D eigenvalue weighted by Gasteiger charge is 2.15. The lowest BCUT2D eigenvalue weighted by Crippen LogP contribution is -2.23. The maximum Gasteiger partial charge on any atom is 0.325 e. The van der Waals surface area contributed by atoms with Gasteiger partial charge in [0.1, 0.15) is 11.4 Å². The van der Waals surface area contributed by atoms with E-state index in [4.69, 9.17) is 5.11 Å². The lowest BCUT2D eigenvalue weighted by Gasteiger charge is -2.04. The molecule has 0 aliphatic heterocycles. The van der Waals surface area contributed by atoms with Crippen molar-refractivity contribution in [2.24, 2.45) is 0 Å². The molecule has 0 saturated carbocycles. The Labute approximate surface area is 128 Å². The maximum absolute atomic E-state index is 12.0. The van der Waals surface area contributed by atoms with Gasteiger partial charge in [0.05, 0.1) is 18.4 Å². The summed E-state index contributed by atoms with van der Waals surface area (Å²) in [5.74, 6) is -1.06. The van der Waals surface area contributed by atoms with Gasteiger partial charge in [-0.3, -0.25) is 9.78 Å². The zero-order valence-electron chi connectivity index (χ0n) is 10.5. The fourth-order valence-corrected chi connectivity index (χ4v) is 2.93. The molecular weight excluding hydrogens is 366 g/mol. The Kier molecular flexibility index (Phi) is 4.65. The van der Waals surface area contributed by atoms with Crippen LogP contribution in [0.3, 0.4) is 0 Å². The molecular formula is C10H10BrN5O4S. The summed E-state index contributed by atoms with van der Waals surface area (Å²) in [6.07, 6.45) is 4.04. The molecule has 9 nitrogen and oxygen atoms in total. The molecule has 21 heavy (non-hydrogen) atoms. The van der Waals surface area contributed by atoms with E-state index in [1.807, 2.05) is 0 Å². The summed E-state index contributed by atoms with van der Waals surface area (Å²) in [6, 6.07) is 1.41. The molecule has 0 radical (unpaired) electrons. The summed E-state index contributed by atoms with van der Waals surface area (Å²) in [5, 5.41) is 15.9. The molecule has 11 heteroatoms. The van der Waals surface area contributed by atoms with E-state index < -0.39 is 16.0 Å². The molecule has 2 aromatic rings. The first-order valence-electron chi connectivity index (χ1n) is 5.58. The van der Waals surface area contributed by atoms with Gasteiger partial charge < -0.3 is 5.11 Å². The zero-order chi connectivity index (χ0) is 15.5. The minimum Gasteiger partial charge on any atom is -0.480 e. The lowest BCUT2D eigenvalue weighted by molar-refractivity contribution is -0.137. The normalized spacial score (nSPS) is 11.5. The number of carboxylic acid groups (broad SMARTS) is 1. The van der Waals surface area contributed by atoms with Gasteiger partial charge in [-0.15, -0.1) is 5.10 Å². The molecule has 2 rings (SSSR count). The summed E-state index contributed by atoms with van der Waals surface area (Å²) < 4.78 is 28.0. The Morgan fingerprint density at radius 2 is 2.19 bits per heavy atom. The summed E-state index contributed by atoms with van der Waals surface area (Å²) in [7, 11) is -3.73. The average Bonchev–Trinajstić information content (AvgIpc) is 2.83. The van der Waals surface area contributed by atoms with Crippen molar-refractivity contribution in [1.82, 2.24) is 24.7 Å². The van der Waals surface area contributed by atoms with E-state index in [1.54, 1.807) is 0 Å². The monoisotopic (exact) mass is 375 g/mol. The number of hydrogen-bond acceptors (Lipinski definition) is 6. The van der Waals surface area contributed by atoms with Crippen molar-refractivity contribution in [3.63, 3.8) is 0 Å². The molecule has 0 fully saturated rings. The first-order valence-corrected chi connectivity index (χ1v) is 7.85. The van der Waals surface area contributed by atoms with Crippen molar-refractivity contribution in [2.75, 3.05) is 0 Å². The highest BCUT2D eigenvalue weighted by atomic mass is 79.9. The topological polar surface area (TPSA) is 127 Å². The molecule has 0 bridgehead atoms. The lowest BCUT2D eigenvalue weighted by atomic mass is 10.5. The molecule has 0 aliphatic carbocycles. The van der Waals surface area contributed by atoms with E-state index in [-0.39, 0.29) is 18.0 Å². The van der Waals surface area contributed by atoms with Crippen LogP contribution < -0.4 is 4.72 Å². The summed E-state index contributed by atoms with van der Waals surface area (Å²) in [5.41, 5.74) is 0.308. The molecule has 0 atom stereocenters. The minimum absolute atomic E-state index is 0.00908. The van der Waals surface area contributed by atoms with Crippen LogP contribution in [0.1, 0.15) is 5.69 Å². The SMILES string of the molecule is O=C(O)Cn1cc(CNS(=O)(=O)c2cncc(Br)c2)nn1. The van der Waals surface area contributed by atoms with Crippen molar-refractivity contribution >= 4 is 31.9 Å². The number of carboxylic acids is 1. The fourth-order valence-electron chi connectivity index (χ4n) is 1.43. The predicted octanol–water partition coefficient (Wildman–Crippen LogP) is -0.00130. The van der Waals surface area contributed by atoms with Crippen LogP contribution in [-0.2, 0) is 27.9 Å². The molecule has 0 aromatic carbocycles. The second-order valence-electron chi connectivity index (χ2n) is 3.96. The number of aromatic nitrogens is 4. The number of hydrogen-bond donors (Lipinski definition) is 2. The maximum atomic E-state index is 12.0. The number of pyridine rings is 1. The number of halogens is 1. The van der Waals surface area contributed by atoms with Gasteiger partial charge >= 0.3 is 5.97 Å². The van der Waals surface area contributed by atoms with Gasteiger partial charge in [-0.1, -0.05) is 5.21 Å². The molecule has 2 N–H and O–H groups in total. The van der Waals surface area contributed by atoms with Crippen LogP contribution in [0.15, 0.2) is 34.0 Å². The number of rotatable bonds is 6. The number of carbonyl (C=O) groups is 1. The summed E-state index contributed by atoms with van der Waals surface area (Å²) in [4.78, 5) is 14.3. The van der Waals surface area contributed by atoms with Crippen LogP contribution in [0.25, 0.3) is 0 Å². The Balaban J connectivity index is 2.05. The van der Waals surface area contributed by atoms with Gasteiger partial charge in [0.15, 0.2) is 0 Å². The average molecular weight is 376 g/mol. The van der Waals surface area contributed by atoms with Crippen molar-refractivity contribution < 1.29 is 18.3 Å². The first kappa shape index (κ1) is 15.5. The van der Waals surface area contributed by atoms with Crippen molar-refractivity contribution in [3.05, 3.63) is 34.8 Å². The summed E-state index contributed by atoms with van der Waals surface area (Å²) in [6.45, 7) is -0.441. The van der Waals surface area contributed by atoms with E-state index in [9.17, 15) is 13.2 Å². The van der Waals surface area contributed by atoms with Crippen molar-refractivity contribution in [2.45, 2.75) is 18.0 Å². The quantitative estimate of drug-likeness (QED) is 0.726. The third-order valence-corrected chi connectivity index (χ3v) is 4.12. The van der Waals surface area contributed by atoms with Crippen LogP contribution in [0.2, 0.25) is 0 Å². The molecule has 0 spiro atoms. The van der Waals surface area contributed by atoms with Crippen LogP contribution in [-0.4, -0.2) is 39.5 Å². The van der Waals surface area contributed by atoms with Crippen LogP contribution >= 0.6 is 15.9 Å². The highest BCUT2D eigenvalue weighted by molar-refractivity contribution is 9.10. The van der Waals surface area contributed by atoms with Crippen molar-refractivity contribution in [3.8, 4) is 0 Å². The Bertz CT molecular complexity index is 760. The predicted molar refractivity (Wildman–Crippen MR) is 73.6 cm³/mol. The van der Waals surface area contributed by atoms with E-state index >= 15 is 0 Å². The van der Waals surface area contributed by atoms with Gasteiger partial charge in [0.2, 0.25) is 10.0 Å². The van der Waals surface area contributed by atoms with Gasteiger partial charge in [0, 0.05) is 16.9 Å². The molecule has 2 aromatic heterocycles. The van der Waals surface area contributed by atoms with E-state index in [1.165, 1.54) is 24.7 Å². The zero-order valence-corrected chi connectivity index (χ0v) is 12.9. The van der Waals surface area contributed by atoms with Crippen LogP contribution in [0.4, 0.5) is 0 Å². The standard InChI is InChI=1S/C10H10BrN5O4S/c11-7-1-9(4-12-2-7)21(19,20)13-3-8-5-16(15-14-8)6-10(17)18/h1-2,4-5,13H,3,6H2,(H,17,18). The van der Waals surface area contributed by atoms with Gasteiger partial charge in [0.25, 0.3) is 0 Å². The van der Waals surface area contributed by atoms with Gasteiger partial charge in [-0.2, -0.15) is 0 Å².